The normalized spacial score (nSPS) is 32.9. The Morgan fingerprint density at radius 3 is 2.28 bits per heavy atom. The van der Waals surface area contributed by atoms with Crippen LogP contribution in [0.3, 0.4) is 0 Å². The lowest BCUT2D eigenvalue weighted by atomic mass is 9.54. The standard InChI is InChI=1S/C34H39NO8/c1-40-33(29-24-12-20-11-21(14-24)15-25(29)13-20)23-7-6-22(3-2-10-35)27(16-23)41-18-19-4-8-26(9-5-19)42-34-32(39)31(38)30(37)28(17-36)43-34/h2-9,16,20-21,24-25,28,30-32,34,36-39H,11-15,17-18H2,1H3/b3-2+,33-29?. The number of allylic oxidation sites excluding steroid dienone is 2. The average molecular weight is 590 g/mol. The number of ether oxygens (including phenoxy) is 4. The summed E-state index contributed by atoms with van der Waals surface area (Å²) in [5.74, 6) is 4.88. The Morgan fingerprint density at radius 1 is 0.953 bits per heavy atom. The number of nitrogens with zero attached hydrogens (tertiary/aromatic N) is 1. The van der Waals surface area contributed by atoms with E-state index in [1.807, 2.05) is 30.3 Å². The molecule has 1 heterocycles. The van der Waals surface area contributed by atoms with E-state index in [2.05, 4.69) is 6.07 Å². The molecule has 9 heteroatoms. The Balaban J connectivity index is 1.18. The molecule has 4 aliphatic carbocycles. The van der Waals surface area contributed by atoms with Gasteiger partial charge in [-0.25, -0.2) is 0 Å². The predicted octanol–water partition coefficient (Wildman–Crippen LogP) is 3.79. The molecule has 0 amide bonds. The molecule has 2 aromatic carbocycles. The van der Waals surface area contributed by atoms with Crippen molar-refractivity contribution in [3.8, 4) is 17.6 Å². The van der Waals surface area contributed by atoms with Crippen molar-refractivity contribution in [3.05, 3.63) is 70.8 Å². The zero-order valence-corrected chi connectivity index (χ0v) is 24.2. The summed E-state index contributed by atoms with van der Waals surface area (Å²) in [5, 5.41) is 48.8. The topological polar surface area (TPSA) is 142 Å². The molecule has 2 aromatic rings. The van der Waals surface area contributed by atoms with Gasteiger partial charge in [0.15, 0.2) is 0 Å². The van der Waals surface area contributed by atoms with Crippen molar-refractivity contribution >= 4 is 11.8 Å². The van der Waals surface area contributed by atoms with Crippen LogP contribution in [0.1, 0.15) is 48.8 Å². The van der Waals surface area contributed by atoms with Gasteiger partial charge >= 0.3 is 0 Å². The van der Waals surface area contributed by atoms with Crippen molar-refractivity contribution in [2.24, 2.45) is 23.7 Å². The molecule has 43 heavy (non-hydrogen) atoms. The van der Waals surface area contributed by atoms with E-state index in [-0.39, 0.29) is 6.61 Å². The molecule has 1 saturated heterocycles. The minimum Gasteiger partial charge on any atom is -0.496 e. The first-order valence-corrected chi connectivity index (χ1v) is 15.1. The summed E-state index contributed by atoms with van der Waals surface area (Å²) >= 11 is 0. The molecule has 4 saturated carbocycles. The van der Waals surface area contributed by atoms with Gasteiger partial charge in [-0.15, -0.1) is 0 Å². The van der Waals surface area contributed by atoms with Crippen LogP contribution in [0.15, 0.2) is 54.1 Å². The number of nitriles is 1. The largest absolute Gasteiger partial charge is 0.496 e. The Bertz CT molecular complexity index is 1360. The van der Waals surface area contributed by atoms with Gasteiger partial charge in [0.1, 0.15) is 48.3 Å². The molecule has 228 valence electrons. The van der Waals surface area contributed by atoms with Crippen LogP contribution in [0, 0.1) is 35.0 Å². The molecule has 0 radical (unpaired) electrons. The van der Waals surface area contributed by atoms with E-state index in [4.69, 9.17) is 24.2 Å². The second-order valence-electron chi connectivity index (χ2n) is 12.3. The molecule has 1 aliphatic heterocycles. The van der Waals surface area contributed by atoms with Gasteiger partial charge in [0.2, 0.25) is 6.29 Å². The lowest BCUT2D eigenvalue weighted by molar-refractivity contribution is -0.277. The maximum atomic E-state index is 10.3. The fraction of sp³-hybridized carbons (Fsp3) is 0.500. The van der Waals surface area contributed by atoms with Crippen LogP contribution < -0.4 is 9.47 Å². The summed E-state index contributed by atoms with van der Waals surface area (Å²) in [7, 11) is 1.76. The highest BCUT2D eigenvalue weighted by atomic mass is 16.7. The van der Waals surface area contributed by atoms with Gasteiger partial charge in [0.25, 0.3) is 0 Å². The van der Waals surface area contributed by atoms with E-state index < -0.39 is 37.3 Å². The highest BCUT2D eigenvalue weighted by molar-refractivity contribution is 5.70. The summed E-state index contributed by atoms with van der Waals surface area (Å²) in [6.07, 6.45) is 2.85. The molecule has 5 fully saturated rings. The third-order valence-electron chi connectivity index (χ3n) is 9.52. The minimum atomic E-state index is -1.51. The van der Waals surface area contributed by atoms with Gasteiger partial charge in [0, 0.05) is 17.2 Å². The fourth-order valence-corrected chi connectivity index (χ4v) is 7.65. The highest BCUT2D eigenvalue weighted by Crippen LogP contribution is 2.58. The monoisotopic (exact) mass is 589 g/mol. The molecule has 4 N–H and O–H groups in total. The molecular formula is C34H39NO8. The number of hydrogen-bond donors (Lipinski definition) is 4. The number of rotatable bonds is 9. The van der Waals surface area contributed by atoms with Gasteiger partial charge in [-0.2, -0.15) is 5.26 Å². The Kier molecular flexibility index (Phi) is 8.75. The van der Waals surface area contributed by atoms with Crippen LogP contribution in [0.25, 0.3) is 11.8 Å². The number of methoxy groups -OCH3 is 1. The van der Waals surface area contributed by atoms with Crippen LogP contribution in [0.2, 0.25) is 0 Å². The predicted molar refractivity (Wildman–Crippen MR) is 157 cm³/mol. The summed E-state index contributed by atoms with van der Waals surface area (Å²) in [6, 6.07) is 15.1. The molecule has 5 atom stereocenters. The van der Waals surface area contributed by atoms with Crippen LogP contribution >= 0.6 is 0 Å². The van der Waals surface area contributed by atoms with Crippen LogP contribution in [-0.2, 0) is 16.1 Å². The molecule has 5 unspecified atom stereocenters. The summed E-state index contributed by atoms with van der Waals surface area (Å²) < 4.78 is 23.5. The van der Waals surface area contributed by atoms with E-state index in [9.17, 15) is 20.4 Å². The Hall–Kier alpha value is -3.39. The molecule has 9 nitrogen and oxygen atoms in total. The van der Waals surface area contributed by atoms with E-state index in [0.717, 1.165) is 34.3 Å². The fourth-order valence-electron chi connectivity index (χ4n) is 7.65. The minimum absolute atomic E-state index is 0.255. The third-order valence-corrected chi connectivity index (χ3v) is 9.52. The molecule has 0 aromatic heterocycles. The van der Waals surface area contributed by atoms with Crippen LogP contribution in [0.5, 0.6) is 11.5 Å². The van der Waals surface area contributed by atoms with Gasteiger partial charge in [-0.1, -0.05) is 24.3 Å². The first kappa shape index (κ1) is 29.7. The van der Waals surface area contributed by atoms with Crippen molar-refractivity contribution in [1.29, 1.82) is 5.26 Å². The van der Waals surface area contributed by atoms with Crippen molar-refractivity contribution in [2.75, 3.05) is 13.7 Å². The van der Waals surface area contributed by atoms with E-state index in [1.54, 1.807) is 25.3 Å². The highest BCUT2D eigenvalue weighted by Gasteiger charge is 2.47. The number of hydrogen-bond acceptors (Lipinski definition) is 9. The molecular weight excluding hydrogens is 550 g/mol. The number of aliphatic hydroxyl groups is 4. The quantitative estimate of drug-likeness (QED) is 0.254. The third kappa shape index (κ3) is 6.03. The smallest absolute Gasteiger partial charge is 0.229 e. The van der Waals surface area contributed by atoms with E-state index in [0.29, 0.717) is 23.3 Å². The average Bonchev–Trinajstić information content (AvgIpc) is 3.01. The van der Waals surface area contributed by atoms with E-state index in [1.165, 1.54) is 43.8 Å². The summed E-state index contributed by atoms with van der Waals surface area (Å²) in [5.41, 5.74) is 4.10. The van der Waals surface area contributed by atoms with Crippen molar-refractivity contribution in [2.45, 2.75) is 69.4 Å². The van der Waals surface area contributed by atoms with Crippen molar-refractivity contribution in [1.82, 2.24) is 0 Å². The second kappa shape index (κ2) is 12.7. The molecule has 0 spiro atoms. The SMILES string of the molecule is COC(=C1C2CC3CC(C2)CC1C3)c1ccc(/C=C/C#N)c(OCc2ccc(OC3OC(CO)C(O)C(O)C3O)cc2)c1. The van der Waals surface area contributed by atoms with Gasteiger partial charge in [-0.05, 0) is 91.2 Å². The first-order valence-electron chi connectivity index (χ1n) is 15.1. The van der Waals surface area contributed by atoms with Crippen LogP contribution in [-0.4, -0.2) is 64.8 Å². The number of benzene rings is 2. The summed E-state index contributed by atoms with van der Waals surface area (Å²) in [6.45, 7) is -0.274. The first-order chi connectivity index (χ1) is 20.9. The van der Waals surface area contributed by atoms with Crippen molar-refractivity contribution < 1.29 is 39.4 Å². The summed E-state index contributed by atoms with van der Waals surface area (Å²) in [4.78, 5) is 0. The van der Waals surface area contributed by atoms with Gasteiger partial charge in [0.05, 0.1) is 19.8 Å². The maximum Gasteiger partial charge on any atom is 0.229 e. The molecule has 7 rings (SSSR count). The lowest BCUT2D eigenvalue weighted by Gasteiger charge is -2.51. The molecule has 4 bridgehead atoms. The van der Waals surface area contributed by atoms with Gasteiger partial charge < -0.3 is 39.4 Å². The Morgan fingerprint density at radius 2 is 1.65 bits per heavy atom. The zero-order chi connectivity index (χ0) is 30.1. The molecule has 5 aliphatic rings. The number of aliphatic hydroxyl groups excluding tert-OH is 4. The maximum absolute atomic E-state index is 10.3. The van der Waals surface area contributed by atoms with Gasteiger partial charge in [-0.3, -0.25) is 0 Å². The van der Waals surface area contributed by atoms with E-state index >= 15 is 0 Å². The zero-order valence-electron chi connectivity index (χ0n) is 24.2. The van der Waals surface area contributed by atoms with Crippen LogP contribution in [0.4, 0.5) is 0 Å². The second-order valence-corrected chi connectivity index (χ2v) is 12.3. The van der Waals surface area contributed by atoms with Crippen molar-refractivity contribution in [3.63, 3.8) is 0 Å². The Labute approximate surface area is 251 Å². The lowest BCUT2D eigenvalue weighted by Crippen LogP contribution is -2.60.